The lowest BCUT2D eigenvalue weighted by Gasteiger charge is -2.14. The molecule has 4 aromatic carbocycles. The number of nitrogens with one attached hydrogen (secondary N) is 2. The van der Waals surface area contributed by atoms with Crippen LogP contribution in [0.15, 0.2) is 72.8 Å². The zero-order valence-electron chi connectivity index (χ0n) is 23.3. The van der Waals surface area contributed by atoms with Crippen LogP contribution in [-0.2, 0) is 6.54 Å². The second kappa shape index (κ2) is 9.99. The lowest BCUT2D eigenvalue weighted by Crippen LogP contribution is -2.29. The van der Waals surface area contributed by atoms with Crippen molar-refractivity contribution in [3.8, 4) is 17.2 Å². The predicted octanol–water partition coefficient (Wildman–Crippen LogP) is 7.20. The molecule has 0 atom stereocenters. The number of aromatic nitrogens is 2. The fourth-order valence-corrected chi connectivity index (χ4v) is 6.06. The fourth-order valence-electron chi connectivity index (χ4n) is 6.06. The number of aromatic hydroxyl groups is 1. The summed E-state index contributed by atoms with van der Waals surface area (Å²) < 4.78 is 10.7. The third kappa shape index (κ3) is 3.98. The van der Waals surface area contributed by atoms with Crippen LogP contribution >= 0.6 is 0 Å². The van der Waals surface area contributed by atoms with Crippen LogP contribution in [0.2, 0.25) is 0 Å². The van der Waals surface area contributed by atoms with Gasteiger partial charge in [0.05, 0.1) is 42.9 Å². The molecule has 0 unspecified atom stereocenters. The van der Waals surface area contributed by atoms with Gasteiger partial charge in [0.15, 0.2) is 0 Å². The highest BCUT2D eigenvalue weighted by Crippen LogP contribution is 2.45. The number of imide groups is 1. The van der Waals surface area contributed by atoms with Crippen molar-refractivity contribution in [3.05, 3.63) is 89.5 Å². The van der Waals surface area contributed by atoms with Crippen LogP contribution in [0.3, 0.4) is 0 Å². The smallest absolute Gasteiger partial charge is 0.262 e. The van der Waals surface area contributed by atoms with E-state index in [1.807, 2.05) is 30.3 Å². The van der Waals surface area contributed by atoms with Crippen LogP contribution in [0.25, 0.3) is 43.6 Å². The molecule has 8 heteroatoms. The van der Waals surface area contributed by atoms with Gasteiger partial charge in [-0.3, -0.25) is 14.5 Å². The molecule has 1 aliphatic carbocycles. The molecule has 2 aliphatic rings. The normalized spacial score (nSPS) is 14.3. The van der Waals surface area contributed by atoms with E-state index in [9.17, 15) is 14.7 Å². The first-order valence-electron chi connectivity index (χ1n) is 13.9. The highest BCUT2D eigenvalue weighted by Gasteiger charge is 2.41. The van der Waals surface area contributed by atoms with Crippen molar-refractivity contribution in [2.45, 2.75) is 25.8 Å². The standard InChI is InChI=1S/C29H21N3O5.C5H8/c1-36-16-6-3-14(4-7-16)13-32-28(34)24-22-18-11-15(33)5-9-20(18)30-26(22)27-23(25(24)29(32)35)19-12-17(37-2)8-10-21(19)31-27;1-2-4-5-3-1/h3-12,30-31,33H,13H2,1-2H3;1-2H,3-5H2. The highest BCUT2D eigenvalue weighted by atomic mass is 16.5. The maximum atomic E-state index is 14.0. The van der Waals surface area contributed by atoms with Crippen molar-refractivity contribution in [2.24, 2.45) is 0 Å². The van der Waals surface area contributed by atoms with Crippen molar-refractivity contribution >= 4 is 55.4 Å². The van der Waals surface area contributed by atoms with Gasteiger partial charge >= 0.3 is 0 Å². The third-order valence-corrected chi connectivity index (χ3v) is 8.11. The van der Waals surface area contributed by atoms with Crippen molar-refractivity contribution < 1.29 is 24.2 Å². The number of phenols is 1. The third-order valence-electron chi connectivity index (χ3n) is 8.11. The Morgan fingerprint density at radius 2 is 1.29 bits per heavy atom. The average Bonchev–Trinajstić information content (AvgIpc) is 3.81. The molecule has 0 saturated heterocycles. The number of aromatic amines is 2. The zero-order valence-corrected chi connectivity index (χ0v) is 23.3. The first kappa shape index (κ1) is 25.7. The van der Waals surface area contributed by atoms with Gasteiger partial charge in [0.1, 0.15) is 17.2 Å². The molecule has 2 aromatic heterocycles. The maximum absolute atomic E-state index is 14.0. The summed E-state index contributed by atoms with van der Waals surface area (Å²) in [6, 6.07) is 17.9. The first-order valence-corrected chi connectivity index (χ1v) is 13.9. The molecule has 0 bridgehead atoms. The van der Waals surface area contributed by atoms with Gasteiger partial charge in [0.25, 0.3) is 11.8 Å². The van der Waals surface area contributed by atoms with E-state index >= 15 is 0 Å². The number of allylic oxidation sites excluding steroid dienone is 2. The number of phenolic OH excluding ortho intramolecular Hbond substituents is 1. The molecule has 210 valence electrons. The van der Waals surface area contributed by atoms with Crippen molar-refractivity contribution in [1.82, 2.24) is 14.9 Å². The number of methoxy groups -OCH3 is 2. The number of ether oxygens (including phenoxy) is 2. The number of hydrogen-bond acceptors (Lipinski definition) is 5. The van der Waals surface area contributed by atoms with E-state index in [2.05, 4.69) is 22.1 Å². The molecule has 42 heavy (non-hydrogen) atoms. The minimum atomic E-state index is -0.371. The minimum Gasteiger partial charge on any atom is -0.508 e. The summed E-state index contributed by atoms with van der Waals surface area (Å²) >= 11 is 0. The van der Waals surface area contributed by atoms with Gasteiger partial charge < -0.3 is 24.5 Å². The van der Waals surface area contributed by atoms with E-state index in [1.54, 1.807) is 44.6 Å². The summed E-state index contributed by atoms with van der Waals surface area (Å²) in [6.45, 7) is 0.124. The van der Waals surface area contributed by atoms with E-state index in [0.29, 0.717) is 44.3 Å². The van der Waals surface area contributed by atoms with Crippen molar-refractivity contribution in [2.75, 3.05) is 14.2 Å². The average molecular weight is 560 g/mol. The van der Waals surface area contributed by atoms with E-state index in [4.69, 9.17) is 9.47 Å². The number of amides is 2. The summed E-state index contributed by atoms with van der Waals surface area (Å²) in [5.74, 6) is 0.692. The second-order valence-corrected chi connectivity index (χ2v) is 10.6. The number of carbonyl (C=O) groups is 2. The number of carbonyl (C=O) groups excluding carboxylic acids is 2. The molecule has 0 spiro atoms. The van der Waals surface area contributed by atoms with Crippen LogP contribution < -0.4 is 9.47 Å². The Balaban J connectivity index is 0.000000524. The monoisotopic (exact) mass is 559 g/mol. The summed E-state index contributed by atoms with van der Waals surface area (Å²) in [6.07, 6.45) is 8.50. The number of nitrogens with zero attached hydrogens (tertiary/aromatic N) is 1. The lowest BCUT2D eigenvalue weighted by atomic mass is 9.96. The van der Waals surface area contributed by atoms with Crippen LogP contribution in [0, 0.1) is 0 Å². The molecule has 0 saturated carbocycles. The Hall–Kier alpha value is -5.24. The first-order chi connectivity index (χ1) is 20.5. The molecule has 8 nitrogen and oxygen atoms in total. The predicted molar refractivity (Wildman–Crippen MR) is 164 cm³/mol. The summed E-state index contributed by atoms with van der Waals surface area (Å²) in [5.41, 5.74) is 4.50. The number of hydrogen-bond donors (Lipinski definition) is 3. The Labute approximate surface area is 241 Å². The van der Waals surface area contributed by atoms with Crippen LogP contribution in [0.4, 0.5) is 0 Å². The van der Waals surface area contributed by atoms with Crippen LogP contribution in [0.5, 0.6) is 17.2 Å². The summed E-state index contributed by atoms with van der Waals surface area (Å²) in [5, 5.41) is 13.0. The molecule has 3 N–H and O–H groups in total. The second-order valence-electron chi connectivity index (χ2n) is 10.6. The number of H-pyrrole nitrogens is 2. The number of benzene rings is 4. The van der Waals surface area contributed by atoms with Gasteiger partial charge in [-0.15, -0.1) is 0 Å². The van der Waals surface area contributed by atoms with Crippen LogP contribution in [0.1, 0.15) is 45.5 Å². The number of fused-ring (bicyclic) bond motifs is 10. The van der Waals surface area contributed by atoms with Crippen LogP contribution in [-0.4, -0.2) is 46.0 Å². The topological polar surface area (TPSA) is 108 Å². The molecule has 8 rings (SSSR count). The maximum Gasteiger partial charge on any atom is 0.262 e. The van der Waals surface area contributed by atoms with Gasteiger partial charge in [-0.2, -0.15) is 0 Å². The Kier molecular flexibility index (Phi) is 6.12. The fraction of sp³-hybridized carbons (Fsp3) is 0.176. The van der Waals surface area contributed by atoms with Gasteiger partial charge in [-0.25, -0.2) is 0 Å². The molecular formula is C34H29N3O5. The van der Waals surface area contributed by atoms with E-state index in [0.717, 1.165) is 27.5 Å². The zero-order chi connectivity index (χ0) is 29.0. The quantitative estimate of drug-likeness (QED) is 0.156. The van der Waals surface area contributed by atoms with E-state index in [1.165, 1.54) is 24.2 Å². The molecule has 0 fully saturated rings. The van der Waals surface area contributed by atoms with Gasteiger partial charge in [-0.05, 0) is 73.4 Å². The Morgan fingerprint density at radius 3 is 1.83 bits per heavy atom. The Morgan fingerprint density at radius 1 is 0.738 bits per heavy atom. The molecule has 3 heterocycles. The Bertz CT molecular complexity index is 2060. The number of rotatable bonds is 4. The van der Waals surface area contributed by atoms with Gasteiger partial charge in [0, 0.05) is 32.6 Å². The minimum absolute atomic E-state index is 0.0792. The molecule has 2 amide bonds. The summed E-state index contributed by atoms with van der Waals surface area (Å²) in [7, 11) is 3.18. The van der Waals surface area contributed by atoms with E-state index in [-0.39, 0.29) is 24.1 Å². The summed E-state index contributed by atoms with van der Waals surface area (Å²) in [4.78, 5) is 36.1. The highest BCUT2D eigenvalue weighted by molar-refractivity contribution is 6.39. The van der Waals surface area contributed by atoms with Gasteiger partial charge in [-0.1, -0.05) is 24.3 Å². The molecule has 0 radical (unpaired) electrons. The molecule has 1 aliphatic heterocycles. The van der Waals surface area contributed by atoms with E-state index < -0.39 is 0 Å². The largest absolute Gasteiger partial charge is 0.508 e. The molecule has 6 aromatic rings. The van der Waals surface area contributed by atoms with Gasteiger partial charge in [0.2, 0.25) is 0 Å². The van der Waals surface area contributed by atoms with Crippen molar-refractivity contribution in [3.63, 3.8) is 0 Å². The lowest BCUT2D eigenvalue weighted by molar-refractivity contribution is 0.0643. The molecular weight excluding hydrogens is 530 g/mol. The SMILES string of the molecule is C1=CCCC1.COc1ccc(CN2C(=O)c3c(c4c5cc(OC)ccc5[nH]c4c4[nH]c5ccc(O)cc5c34)C2=O)cc1. The van der Waals surface area contributed by atoms with Crippen molar-refractivity contribution in [1.29, 1.82) is 0 Å².